The van der Waals surface area contributed by atoms with Crippen LogP contribution in [0.3, 0.4) is 0 Å². The third-order valence-corrected chi connectivity index (χ3v) is 1.87. The molecule has 2 heteroatoms. The molecule has 11 heavy (non-hydrogen) atoms. The molecule has 0 amide bonds. The van der Waals surface area contributed by atoms with Crippen molar-refractivity contribution < 1.29 is 4.57 Å². The first kappa shape index (κ1) is 8.54. The quantitative estimate of drug-likeness (QED) is 0.614. The molecule has 0 aliphatic rings. The van der Waals surface area contributed by atoms with Crippen LogP contribution < -0.4 is 4.57 Å². The molecule has 0 aliphatic carbocycles. The van der Waals surface area contributed by atoms with Crippen LogP contribution in [0, 0.1) is 0 Å². The fraction of sp³-hybridized carbons (Fsp3) is 0.444. The first-order chi connectivity index (χ1) is 5.33. The molecule has 1 nitrogen and oxygen atoms in total. The summed E-state index contributed by atoms with van der Waals surface area (Å²) >= 11 is 5.73. The number of aromatic nitrogens is 1. The summed E-state index contributed by atoms with van der Waals surface area (Å²) in [7, 11) is 0. The van der Waals surface area contributed by atoms with Crippen LogP contribution in [0.4, 0.5) is 0 Å². The maximum Gasteiger partial charge on any atom is 0.170 e. The second kappa shape index (κ2) is 4.35. The Balaban J connectivity index is 2.52. The second-order valence-electron chi connectivity index (χ2n) is 2.61. The summed E-state index contributed by atoms with van der Waals surface area (Å²) in [5.41, 5.74) is 0. The lowest BCUT2D eigenvalue weighted by molar-refractivity contribution is -0.697. The zero-order chi connectivity index (χ0) is 8.10. The van der Waals surface area contributed by atoms with Gasteiger partial charge in [-0.25, -0.2) is 4.57 Å². The van der Waals surface area contributed by atoms with Crippen LogP contribution in [0.2, 0.25) is 5.02 Å². The summed E-state index contributed by atoms with van der Waals surface area (Å²) in [6, 6.07) is 3.83. The van der Waals surface area contributed by atoms with Gasteiger partial charge in [0.15, 0.2) is 12.4 Å². The lowest BCUT2D eigenvalue weighted by Gasteiger charge is -1.93. The topological polar surface area (TPSA) is 3.88 Å². The molecule has 0 unspecified atom stereocenters. The van der Waals surface area contributed by atoms with Gasteiger partial charge < -0.3 is 0 Å². The Morgan fingerprint density at radius 2 is 2.00 bits per heavy atom. The van der Waals surface area contributed by atoms with Gasteiger partial charge in [0.05, 0.1) is 5.02 Å². The minimum Gasteiger partial charge on any atom is -0.205 e. The minimum atomic E-state index is 0.803. The minimum absolute atomic E-state index is 0.803. The van der Waals surface area contributed by atoms with Gasteiger partial charge in [-0.05, 0) is 0 Å². The van der Waals surface area contributed by atoms with E-state index in [1.54, 1.807) is 0 Å². The average molecular weight is 171 g/mol. The highest BCUT2D eigenvalue weighted by Gasteiger charge is 1.96. The Morgan fingerprint density at radius 1 is 1.36 bits per heavy atom. The standard InChI is InChI=1S/C9H13ClN/c1-2-3-6-11-7-4-9(10)5-8-11/h4-5,7-8H,2-3,6H2,1H3/q+1. The van der Waals surface area contributed by atoms with Gasteiger partial charge in [0, 0.05) is 18.6 Å². The highest BCUT2D eigenvalue weighted by atomic mass is 35.5. The molecule has 1 rings (SSSR count). The highest BCUT2D eigenvalue weighted by Crippen LogP contribution is 2.01. The molecule has 0 bridgehead atoms. The van der Waals surface area contributed by atoms with E-state index in [4.69, 9.17) is 11.6 Å². The third-order valence-electron chi connectivity index (χ3n) is 1.62. The van der Waals surface area contributed by atoms with Crippen molar-refractivity contribution in [3.05, 3.63) is 29.5 Å². The Kier molecular flexibility index (Phi) is 3.37. The number of unbranched alkanes of at least 4 members (excludes halogenated alkanes) is 1. The van der Waals surface area contributed by atoms with Crippen LogP contribution in [0.1, 0.15) is 19.8 Å². The Labute approximate surface area is 72.6 Å². The first-order valence-corrected chi connectivity index (χ1v) is 4.35. The Hall–Kier alpha value is -0.560. The zero-order valence-corrected chi connectivity index (χ0v) is 7.51. The van der Waals surface area contributed by atoms with Crippen LogP contribution in [0.15, 0.2) is 24.5 Å². The van der Waals surface area contributed by atoms with E-state index in [0.717, 1.165) is 11.6 Å². The van der Waals surface area contributed by atoms with Crippen molar-refractivity contribution in [3.8, 4) is 0 Å². The number of hydrogen-bond donors (Lipinski definition) is 0. The fourth-order valence-electron chi connectivity index (χ4n) is 0.929. The monoisotopic (exact) mass is 170 g/mol. The predicted molar refractivity (Wildman–Crippen MR) is 46.6 cm³/mol. The Bertz CT molecular complexity index is 205. The summed E-state index contributed by atoms with van der Waals surface area (Å²) in [5, 5.41) is 0.803. The zero-order valence-electron chi connectivity index (χ0n) is 6.76. The number of hydrogen-bond acceptors (Lipinski definition) is 0. The summed E-state index contributed by atoms with van der Waals surface area (Å²) < 4.78 is 2.15. The van der Waals surface area contributed by atoms with E-state index in [9.17, 15) is 0 Å². The lowest BCUT2D eigenvalue weighted by Crippen LogP contribution is -2.32. The molecule has 0 spiro atoms. The van der Waals surface area contributed by atoms with Gasteiger partial charge in [-0.1, -0.05) is 24.9 Å². The first-order valence-electron chi connectivity index (χ1n) is 3.97. The molecule has 1 aromatic heterocycles. The summed E-state index contributed by atoms with van der Waals surface area (Å²) in [4.78, 5) is 0. The van der Waals surface area contributed by atoms with E-state index in [2.05, 4.69) is 11.5 Å². The average Bonchev–Trinajstić information content (AvgIpc) is 2.04. The van der Waals surface area contributed by atoms with E-state index in [1.807, 2.05) is 24.5 Å². The molecule has 1 aromatic rings. The van der Waals surface area contributed by atoms with Crippen LogP contribution in [0.25, 0.3) is 0 Å². The smallest absolute Gasteiger partial charge is 0.170 e. The van der Waals surface area contributed by atoms with E-state index < -0.39 is 0 Å². The maximum absolute atomic E-state index is 5.73. The molecule has 0 atom stereocenters. The van der Waals surface area contributed by atoms with Crippen LogP contribution in [-0.4, -0.2) is 0 Å². The van der Waals surface area contributed by atoms with E-state index in [0.29, 0.717) is 0 Å². The van der Waals surface area contributed by atoms with Gasteiger partial charge >= 0.3 is 0 Å². The van der Waals surface area contributed by atoms with Gasteiger partial charge in [0.2, 0.25) is 0 Å². The molecular weight excluding hydrogens is 158 g/mol. The molecule has 1 heterocycles. The normalized spacial score (nSPS) is 10.0. The molecular formula is C9H13ClN+. The maximum atomic E-state index is 5.73. The molecule has 0 aromatic carbocycles. The summed E-state index contributed by atoms with van der Waals surface area (Å²) in [6.45, 7) is 3.28. The largest absolute Gasteiger partial charge is 0.205 e. The van der Waals surface area contributed by atoms with Gasteiger partial charge in [-0.3, -0.25) is 0 Å². The van der Waals surface area contributed by atoms with E-state index >= 15 is 0 Å². The SMILES string of the molecule is CCCC[n+]1ccc(Cl)cc1. The van der Waals surface area contributed by atoms with Crippen molar-refractivity contribution in [2.45, 2.75) is 26.3 Å². The number of rotatable bonds is 3. The molecule has 0 saturated heterocycles. The second-order valence-corrected chi connectivity index (χ2v) is 3.04. The fourth-order valence-corrected chi connectivity index (χ4v) is 1.04. The molecule has 0 N–H and O–H groups in total. The van der Waals surface area contributed by atoms with Gasteiger partial charge in [-0.15, -0.1) is 0 Å². The predicted octanol–water partition coefficient (Wildman–Crippen LogP) is 2.43. The lowest BCUT2D eigenvalue weighted by atomic mass is 10.3. The van der Waals surface area contributed by atoms with Gasteiger partial charge in [0.25, 0.3) is 0 Å². The number of halogens is 1. The van der Waals surface area contributed by atoms with Gasteiger partial charge in [0.1, 0.15) is 6.54 Å². The third kappa shape index (κ3) is 2.89. The number of aryl methyl sites for hydroxylation is 1. The number of pyridine rings is 1. The van der Waals surface area contributed by atoms with E-state index in [-0.39, 0.29) is 0 Å². The highest BCUT2D eigenvalue weighted by molar-refractivity contribution is 6.30. The molecule has 60 valence electrons. The van der Waals surface area contributed by atoms with Crippen molar-refractivity contribution in [2.24, 2.45) is 0 Å². The molecule has 0 aliphatic heterocycles. The van der Waals surface area contributed by atoms with Crippen molar-refractivity contribution in [3.63, 3.8) is 0 Å². The summed E-state index contributed by atoms with van der Waals surface area (Å²) in [5.74, 6) is 0. The van der Waals surface area contributed by atoms with Crippen molar-refractivity contribution in [1.82, 2.24) is 0 Å². The van der Waals surface area contributed by atoms with Crippen molar-refractivity contribution in [2.75, 3.05) is 0 Å². The van der Waals surface area contributed by atoms with Crippen LogP contribution >= 0.6 is 11.6 Å². The van der Waals surface area contributed by atoms with Gasteiger partial charge in [-0.2, -0.15) is 0 Å². The Morgan fingerprint density at radius 3 is 2.55 bits per heavy atom. The van der Waals surface area contributed by atoms with Crippen molar-refractivity contribution in [1.29, 1.82) is 0 Å². The molecule has 0 fully saturated rings. The van der Waals surface area contributed by atoms with E-state index in [1.165, 1.54) is 12.8 Å². The van der Waals surface area contributed by atoms with Crippen LogP contribution in [0.5, 0.6) is 0 Å². The van der Waals surface area contributed by atoms with Crippen molar-refractivity contribution >= 4 is 11.6 Å². The number of nitrogens with zero attached hydrogens (tertiary/aromatic N) is 1. The molecule has 0 radical (unpaired) electrons. The molecule has 0 saturated carbocycles. The van der Waals surface area contributed by atoms with Crippen LogP contribution in [-0.2, 0) is 6.54 Å². The summed E-state index contributed by atoms with van der Waals surface area (Å²) in [6.07, 6.45) is 6.48.